The van der Waals surface area contributed by atoms with E-state index in [-0.39, 0.29) is 24.6 Å². The number of rotatable bonds is 9. The van der Waals surface area contributed by atoms with Crippen molar-refractivity contribution in [3.63, 3.8) is 0 Å². The second-order valence-corrected chi connectivity index (χ2v) is 12.8. The first-order valence-electron chi connectivity index (χ1n) is 15.8. The molecule has 1 saturated carbocycles. The Hall–Kier alpha value is -4.06. The van der Waals surface area contributed by atoms with Gasteiger partial charge in [-0.1, -0.05) is 0 Å². The Labute approximate surface area is 264 Å². The fraction of sp³-hybridized carbons (Fsp3) is 0.531. The molecule has 0 unspecified atom stereocenters. The van der Waals surface area contributed by atoms with Crippen LogP contribution < -0.4 is 4.74 Å². The van der Waals surface area contributed by atoms with Gasteiger partial charge in [0.2, 0.25) is 5.88 Å². The van der Waals surface area contributed by atoms with Crippen molar-refractivity contribution in [2.75, 3.05) is 26.2 Å². The Morgan fingerprint density at radius 2 is 1.96 bits per heavy atom. The second kappa shape index (κ2) is 12.3. The molecule has 3 fully saturated rings. The lowest BCUT2D eigenvalue weighted by atomic mass is 9.82. The van der Waals surface area contributed by atoms with Gasteiger partial charge in [0.05, 0.1) is 31.0 Å². The molecule has 4 aromatic rings. The number of aliphatic hydroxyl groups excluding tert-OH is 1. The Balaban J connectivity index is 0.984. The van der Waals surface area contributed by atoms with Crippen molar-refractivity contribution in [3.8, 4) is 23.2 Å². The summed E-state index contributed by atoms with van der Waals surface area (Å²) in [5.74, 6) is 0.0000890. The van der Waals surface area contributed by atoms with Gasteiger partial charge in [-0.25, -0.2) is 15.0 Å². The number of ether oxygens (including phenoxy) is 1. The van der Waals surface area contributed by atoms with E-state index in [2.05, 4.69) is 36.0 Å². The standard InChI is InChI=1S/C32H36F3N9O2/c33-32(34,35)27-12-21(15-42-11-1-2-24(42)17-45)13-28(41-27)46-25-5-3-23(4-6-25)43-18-31(19-43,8-9-36)44-16-22(14-40-44)29-26-7-10-37-30(26)39-20-38-29/h7,10,12-14,16,20,23-25,45H,1-6,8,11,15,17-19H2,(H,37,38,39)/t23-,24-,25+/m0/s1. The molecule has 7 rings (SSSR count). The lowest BCUT2D eigenvalue weighted by molar-refractivity contribution is -0.141. The van der Waals surface area contributed by atoms with Crippen LogP contribution in [0.25, 0.3) is 22.3 Å². The van der Waals surface area contributed by atoms with Crippen LogP contribution in [0.1, 0.15) is 56.2 Å². The van der Waals surface area contributed by atoms with Crippen molar-refractivity contribution < 1.29 is 23.0 Å². The molecule has 0 aromatic carbocycles. The van der Waals surface area contributed by atoms with Gasteiger partial charge in [0.15, 0.2) is 0 Å². The summed E-state index contributed by atoms with van der Waals surface area (Å²) < 4.78 is 49.2. The number of hydrogen-bond donors (Lipinski definition) is 2. The summed E-state index contributed by atoms with van der Waals surface area (Å²) in [4.78, 5) is 20.0. The van der Waals surface area contributed by atoms with E-state index >= 15 is 0 Å². The van der Waals surface area contributed by atoms with Gasteiger partial charge in [-0.2, -0.15) is 23.5 Å². The van der Waals surface area contributed by atoms with Gasteiger partial charge < -0.3 is 14.8 Å². The van der Waals surface area contributed by atoms with Crippen LogP contribution in [-0.2, 0) is 18.3 Å². The van der Waals surface area contributed by atoms with Gasteiger partial charge in [0.25, 0.3) is 0 Å². The first-order valence-corrected chi connectivity index (χ1v) is 15.8. The summed E-state index contributed by atoms with van der Waals surface area (Å²) in [6, 6.07) is 7.23. The van der Waals surface area contributed by atoms with E-state index in [1.54, 1.807) is 12.3 Å². The summed E-state index contributed by atoms with van der Waals surface area (Å²) in [5, 5.41) is 24.9. The quantitative estimate of drug-likeness (QED) is 0.273. The van der Waals surface area contributed by atoms with Gasteiger partial charge in [0.1, 0.15) is 29.3 Å². The molecule has 0 amide bonds. The Morgan fingerprint density at radius 3 is 2.72 bits per heavy atom. The average Bonchev–Trinajstić information content (AvgIpc) is 3.80. The molecule has 14 heteroatoms. The zero-order valence-corrected chi connectivity index (χ0v) is 25.3. The number of pyridine rings is 1. The van der Waals surface area contributed by atoms with Gasteiger partial charge in [-0.3, -0.25) is 14.5 Å². The summed E-state index contributed by atoms with van der Waals surface area (Å²) >= 11 is 0. The number of nitrogens with one attached hydrogen (secondary N) is 1. The highest BCUT2D eigenvalue weighted by atomic mass is 19.4. The number of nitrogens with zero attached hydrogens (tertiary/aromatic N) is 8. The zero-order valence-electron chi connectivity index (χ0n) is 25.3. The molecule has 242 valence electrons. The molecular weight excluding hydrogens is 599 g/mol. The molecular formula is C32H36F3N9O2. The number of H-pyrrole nitrogens is 1. The molecule has 2 N–H and O–H groups in total. The number of aromatic amines is 1. The van der Waals surface area contributed by atoms with Crippen molar-refractivity contribution in [3.05, 3.63) is 54.4 Å². The van der Waals surface area contributed by atoms with Crippen molar-refractivity contribution in [1.29, 1.82) is 5.26 Å². The molecule has 2 aliphatic heterocycles. The molecule has 0 bridgehead atoms. The summed E-state index contributed by atoms with van der Waals surface area (Å²) in [6.45, 7) is 2.41. The van der Waals surface area contributed by atoms with Crippen molar-refractivity contribution in [2.45, 2.75) is 81.4 Å². The maximum absolute atomic E-state index is 13.7. The molecule has 0 spiro atoms. The smallest absolute Gasteiger partial charge is 0.433 e. The van der Waals surface area contributed by atoms with E-state index in [1.165, 1.54) is 6.33 Å². The number of halogens is 3. The third kappa shape index (κ3) is 5.94. The molecule has 6 heterocycles. The fourth-order valence-corrected chi connectivity index (χ4v) is 7.36. The minimum Gasteiger partial charge on any atom is -0.474 e. The Kier molecular flexibility index (Phi) is 8.16. The predicted octanol–water partition coefficient (Wildman–Crippen LogP) is 4.51. The molecule has 2 saturated heterocycles. The van der Waals surface area contributed by atoms with E-state index in [0.29, 0.717) is 50.5 Å². The highest BCUT2D eigenvalue weighted by Crippen LogP contribution is 2.39. The lowest BCUT2D eigenvalue weighted by Gasteiger charge is -2.53. The monoisotopic (exact) mass is 635 g/mol. The average molecular weight is 636 g/mol. The van der Waals surface area contributed by atoms with E-state index in [9.17, 15) is 23.5 Å². The van der Waals surface area contributed by atoms with Crippen LogP contribution >= 0.6 is 0 Å². The van der Waals surface area contributed by atoms with E-state index < -0.39 is 17.4 Å². The number of alkyl halides is 3. The fourth-order valence-electron chi connectivity index (χ4n) is 7.36. The third-order valence-corrected chi connectivity index (χ3v) is 9.79. The first kappa shape index (κ1) is 30.6. The van der Waals surface area contributed by atoms with Gasteiger partial charge in [0, 0.05) is 61.1 Å². The predicted molar refractivity (Wildman–Crippen MR) is 161 cm³/mol. The maximum Gasteiger partial charge on any atom is 0.433 e. The number of fused-ring (bicyclic) bond motifs is 1. The molecule has 4 aromatic heterocycles. The first-order chi connectivity index (χ1) is 22.2. The number of aliphatic hydroxyl groups is 1. The maximum atomic E-state index is 13.7. The molecule has 46 heavy (non-hydrogen) atoms. The lowest BCUT2D eigenvalue weighted by Crippen LogP contribution is -2.65. The van der Waals surface area contributed by atoms with Crippen LogP contribution in [0.3, 0.4) is 0 Å². The second-order valence-electron chi connectivity index (χ2n) is 12.8. The number of likely N-dealkylation sites (tertiary alicyclic amines) is 2. The van der Waals surface area contributed by atoms with Crippen LogP contribution in [0.15, 0.2) is 43.1 Å². The van der Waals surface area contributed by atoms with Gasteiger partial charge in [-0.15, -0.1) is 0 Å². The van der Waals surface area contributed by atoms with Gasteiger partial charge in [-0.05, 0) is 62.8 Å². The van der Waals surface area contributed by atoms with Crippen molar-refractivity contribution in [2.24, 2.45) is 0 Å². The third-order valence-electron chi connectivity index (χ3n) is 9.79. The van der Waals surface area contributed by atoms with Crippen molar-refractivity contribution >= 4 is 11.0 Å². The van der Waals surface area contributed by atoms with Crippen LogP contribution in [0, 0.1) is 11.3 Å². The molecule has 3 aliphatic rings. The van der Waals surface area contributed by atoms with Crippen LogP contribution in [0.5, 0.6) is 5.88 Å². The van der Waals surface area contributed by atoms with E-state index in [0.717, 1.165) is 60.6 Å². The van der Waals surface area contributed by atoms with Gasteiger partial charge >= 0.3 is 6.18 Å². The zero-order chi connectivity index (χ0) is 31.9. The summed E-state index contributed by atoms with van der Waals surface area (Å²) in [5.41, 5.74) is 1.49. The Morgan fingerprint density at radius 1 is 1.13 bits per heavy atom. The number of aromatic nitrogens is 6. The van der Waals surface area contributed by atoms with E-state index in [4.69, 9.17) is 4.74 Å². The molecule has 1 atom stereocenters. The summed E-state index contributed by atoms with van der Waals surface area (Å²) in [7, 11) is 0. The highest BCUT2D eigenvalue weighted by molar-refractivity contribution is 5.90. The minimum absolute atomic E-state index is 0.0000890. The van der Waals surface area contributed by atoms with Crippen LogP contribution in [0.2, 0.25) is 0 Å². The van der Waals surface area contributed by atoms with E-state index in [1.807, 2.05) is 28.0 Å². The highest BCUT2D eigenvalue weighted by Gasteiger charge is 2.48. The largest absolute Gasteiger partial charge is 0.474 e. The minimum atomic E-state index is -4.58. The molecule has 0 radical (unpaired) electrons. The Bertz CT molecular complexity index is 1720. The number of hydrogen-bond acceptors (Lipinski definition) is 9. The SMILES string of the molecule is N#CCC1(n2cc(-c3ncnc4[nH]ccc34)cn2)CN([C@H]2CC[C@@H](Oc3cc(CN4CCC[C@H]4CO)cc(C(F)(F)F)n3)CC2)C1. The van der Waals surface area contributed by atoms with Crippen LogP contribution in [-0.4, -0.2) is 89.1 Å². The normalized spacial score (nSPS) is 23.8. The number of nitriles is 1. The van der Waals surface area contributed by atoms with Crippen molar-refractivity contribution in [1.82, 2.24) is 39.5 Å². The van der Waals surface area contributed by atoms with Crippen LogP contribution in [0.4, 0.5) is 13.2 Å². The molecule has 1 aliphatic carbocycles. The molecule has 11 nitrogen and oxygen atoms in total. The topological polar surface area (TPSA) is 132 Å². The summed E-state index contributed by atoms with van der Waals surface area (Å²) in [6.07, 6.45) is 7.40.